The van der Waals surface area contributed by atoms with Crippen molar-refractivity contribution in [2.24, 2.45) is 22.7 Å². The van der Waals surface area contributed by atoms with Crippen molar-refractivity contribution < 1.29 is 19.5 Å². The summed E-state index contributed by atoms with van der Waals surface area (Å²) in [6.07, 6.45) is 14.7. The molecule has 10 heteroatoms. The molecule has 2 aliphatic heterocycles. The minimum atomic E-state index is -1.03. The Balaban J connectivity index is 1.34. The summed E-state index contributed by atoms with van der Waals surface area (Å²) in [5.41, 5.74) is 6.52. The van der Waals surface area contributed by atoms with Crippen LogP contribution in [-0.2, 0) is 14.4 Å². The van der Waals surface area contributed by atoms with E-state index in [1.807, 2.05) is 28.8 Å². The number of rotatable bonds is 9. The van der Waals surface area contributed by atoms with E-state index in [0.29, 0.717) is 23.6 Å². The van der Waals surface area contributed by atoms with Gasteiger partial charge in [-0.3, -0.25) is 19.3 Å². The minimum Gasteiger partial charge on any atom is -0.481 e. The molecule has 0 spiro atoms. The van der Waals surface area contributed by atoms with Gasteiger partial charge in [-0.05, 0) is 68.9 Å². The van der Waals surface area contributed by atoms with E-state index in [1.54, 1.807) is 0 Å². The number of carboxylic acid groups (broad SMARTS) is 1. The molecule has 1 aromatic carbocycles. The molecule has 2 saturated carbocycles. The van der Waals surface area contributed by atoms with Crippen LogP contribution in [0.5, 0.6) is 0 Å². The Morgan fingerprint density at radius 1 is 0.905 bits per heavy atom. The highest BCUT2D eigenvalue weighted by atomic mass is 16.6. The average molecular weight is 578 g/mol. The maximum absolute atomic E-state index is 14.3. The predicted molar refractivity (Wildman–Crippen MR) is 159 cm³/mol. The second-order valence-corrected chi connectivity index (χ2v) is 13.0. The van der Waals surface area contributed by atoms with Crippen LogP contribution in [0.15, 0.2) is 34.2 Å². The number of nitrogens with two attached hydrogens (primary N) is 1. The van der Waals surface area contributed by atoms with Crippen LogP contribution in [0.3, 0.4) is 0 Å². The third-order valence-electron chi connectivity index (χ3n) is 10.2. The summed E-state index contributed by atoms with van der Waals surface area (Å²) in [4.78, 5) is 49.5. The van der Waals surface area contributed by atoms with Crippen molar-refractivity contribution in [3.8, 4) is 0 Å². The predicted octanol–water partition coefficient (Wildman–Crippen LogP) is 4.38. The van der Waals surface area contributed by atoms with Gasteiger partial charge in [0.1, 0.15) is 5.71 Å². The quantitative estimate of drug-likeness (QED) is 0.333. The number of aromatic nitrogens is 2. The van der Waals surface area contributed by atoms with Crippen LogP contribution in [0, 0.1) is 11.8 Å². The molecule has 3 heterocycles. The fraction of sp³-hybridized carbons (Fsp3) is 0.656. The first-order chi connectivity index (χ1) is 20.4. The van der Waals surface area contributed by atoms with Gasteiger partial charge < -0.3 is 20.2 Å². The summed E-state index contributed by atoms with van der Waals surface area (Å²) in [6, 6.07) is 9.19. The number of piperidine rings is 2. The SMILES string of the molecule is NC(=O)CON=C(CCC(=O)O)c1nc2ccccc2n(C2CC3CCCC(C2)N3C2CC3CCCCC(C3)C2)c1=O. The maximum atomic E-state index is 14.3. The molecule has 10 nitrogen and oxygen atoms in total. The number of nitrogens with zero attached hydrogens (tertiary/aromatic N) is 4. The molecule has 0 radical (unpaired) electrons. The smallest absolute Gasteiger partial charge is 0.303 e. The van der Waals surface area contributed by atoms with E-state index in [9.17, 15) is 19.5 Å². The van der Waals surface area contributed by atoms with E-state index in [0.717, 1.165) is 43.0 Å². The van der Waals surface area contributed by atoms with Crippen molar-refractivity contribution in [3.63, 3.8) is 0 Å². The molecule has 1 amide bonds. The number of hydrogen-bond acceptors (Lipinski definition) is 7. The molecule has 42 heavy (non-hydrogen) atoms. The monoisotopic (exact) mass is 577 g/mol. The summed E-state index contributed by atoms with van der Waals surface area (Å²) in [6.45, 7) is -0.469. The van der Waals surface area contributed by atoms with Crippen molar-refractivity contribution >= 4 is 28.6 Å². The number of carbonyl (C=O) groups excluding carboxylic acids is 1. The van der Waals surface area contributed by atoms with Gasteiger partial charge in [-0.1, -0.05) is 49.4 Å². The van der Waals surface area contributed by atoms with E-state index >= 15 is 0 Å². The fourth-order valence-electron chi connectivity index (χ4n) is 8.62. The highest BCUT2D eigenvalue weighted by Gasteiger charge is 2.45. The second-order valence-electron chi connectivity index (χ2n) is 13.0. The lowest BCUT2D eigenvalue weighted by Gasteiger charge is -2.54. The highest BCUT2D eigenvalue weighted by Crippen LogP contribution is 2.47. The van der Waals surface area contributed by atoms with Crippen molar-refractivity contribution in [1.29, 1.82) is 0 Å². The number of hydrogen-bond donors (Lipinski definition) is 2. The third-order valence-corrected chi connectivity index (χ3v) is 10.2. The molecule has 2 aromatic rings. The first-order valence-electron chi connectivity index (χ1n) is 15.9. The topological polar surface area (TPSA) is 140 Å². The summed E-state index contributed by atoms with van der Waals surface area (Å²) in [5.74, 6) is -0.00849. The van der Waals surface area contributed by atoms with E-state index in [4.69, 9.17) is 10.6 Å². The zero-order valence-electron chi connectivity index (χ0n) is 24.3. The molecule has 226 valence electrons. The van der Waals surface area contributed by atoms with Gasteiger partial charge in [0, 0.05) is 30.6 Å². The molecular weight excluding hydrogens is 534 g/mol. The van der Waals surface area contributed by atoms with Gasteiger partial charge >= 0.3 is 5.97 Å². The van der Waals surface area contributed by atoms with Gasteiger partial charge in [0.25, 0.3) is 11.5 Å². The van der Waals surface area contributed by atoms with Gasteiger partial charge in [0.15, 0.2) is 12.3 Å². The lowest BCUT2D eigenvalue weighted by molar-refractivity contribution is -0.136. The molecular formula is C32H43N5O5. The normalized spacial score (nSPS) is 30.0. The molecule has 4 fully saturated rings. The highest BCUT2D eigenvalue weighted by molar-refractivity contribution is 6.00. The van der Waals surface area contributed by atoms with Crippen LogP contribution >= 0.6 is 0 Å². The summed E-state index contributed by atoms with van der Waals surface area (Å²) < 4.78 is 1.89. The Morgan fingerprint density at radius 2 is 1.60 bits per heavy atom. The zero-order valence-corrected chi connectivity index (χ0v) is 24.3. The zero-order chi connectivity index (χ0) is 29.2. The van der Waals surface area contributed by atoms with Crippen LogP contribution in [-0.4, -0.2) is 61.9 Å². The minimum absolute atomic E-state index is 0.00818. The Morgan fingerprint density at radius 3 is 2.26 bits per heavy atom. The van der Waals surface area contributed by atoms with Gasteiger partial charge in [0.2, 0.25) is 0 Å². The van der Waals surface area contributed by atoms with Crippen LogP contribution < -0.4 is 11.3 Å². The molecule has 4 atom stereocenters. The third kappa shape index (κ3) is 6.09. The Labute approximate surface area is 246 Å². The lowest BCUT2D eigenvalue weighted by Crippen LogP contribution is -2.58. The molecule has 2 aliphatic carbocycles. The summed E-state index contributed by atoms with van der Waals surface area (Å²) in [7, 11) is 0. The number of para-hydroxylation sites is 2. The maximum Gasteiger partial charge on any atom is 0.303 e. The average Bonchev–Trinajstić information content (AvgIpc) is 3.12. The molecule has 3 N–H and O–H groups in total. The van der Waals surface area contributed by atoms with Crippen LogP contribution in [0.4, 0.5) is 0 Å². The van der Waals surface area contributed by atoms with E-state index < -0.39 is 18.5 Å². The first-order valence-corrected chi connectivity index (χ1v) is 15.9. The number of primary amides is 1. The van der Waals surface area contributed by atoms with Gasteiger partial charge in [-0.25, -0.2) is 4.98 Å². The number of benzene rings is 1. The van der Waals surface area contributed by atoms with E-state index in [1.165, 1.54) is 51.4 Å². The molecule has 6 rings (SSSR count). The molecule has 4 aliphatic rings. The van der Waals surface area contributed by atoms with Crippen LogP contribution in [0.1, 0.15) is 102 Å². The van der Waals surface area contributed by atoms with Crippen molar-refractivity contribution in [2.75, 3.05) is 6.61 Å². The Bertz CT molecular complexity index is 1380. The number of carbonyl (C=O) groups is 2. The van der Waals surface area contributed by atoms with Crippen LogP contribution in [0.25, 0.3) is 11.0 Å². The van der Waals surface area contributed by atoms with Gasteiger partial charge in [-0.15, -0.1) is 0 Å². The molecule has 2 saturated heterocycles. The number of amides is 1. The van der Waals surface area contributed by atoms with Gasteiger partial charge in [0.05, 0.1) is 17.5 Å². The van der Waals surface area contributed by atoms with Crippen LogP contribution in [0.2, 0.25) is 0 Å². The largest absolute Gasteiger partial charge is 0.481 e. The number of oxime groups is 1. The molecule has 4 unspecified atom stereocenters. The molecule has 4 bridgehead atoms. The first kappa shape index (κ1) is 28.8. The van der Waals surface area contributed by atoms with Crippen molar-refractivity contribution in [3.05, 3.63) is 40.3 Å². The number of aliphatic carboxylic acids is 1. The van der Waals surface area contributed by atoms with Crippen molar-refractivity contribution in [2.45, 2.75) is 114 Å². The number of fused-ring (bicyclic) bond motifs is 5. The Kier molecular flexibility index (Phi) is 8.60. The lowest BCUT2D eigenvalue weighted by atomic mass is 9.73. The standard InChI is InChI=1S/C32H43N5O5/c33-29(38)19-42-35-27(12-13-30(39)40)31-32(41)37(28-11-4-3-10-26(28)34-31)25-17-22-8-5-9-23(18-25)36(22)24-15-20-6-1-2-7-21(14-20)16-24/h3-4,10-11,20-25H,1-2,5-9,12-19H2,(H2,33,38)(H,39,40). The van der Waals surface area contributed by atoms with Crippen molar-refractivity contribution in [1.82, 2.24) is 14.5 Å². The number of carboxylic acids is 1. The Hall–Kier alpha value is -3.27. The van der Waals surface area contributed by atoms with E-state index in [-0.39, 0.29) is 35.8 Å². The summed E-state index contributed by atoms with van der Waals surface area (Å²) in [5, 5.41) is 13.3. The fourth-order valence-corrected chi connectivity index (χ4v) is 8.62. The summed E-state index contributed by atoms with van der Waals surface area (Å²) >= 11 is 0. The van der Waals surface area contributed by atoms with E-state index in [2.05, 4.69) is 15.0 Å². The molecule has 1 aromatic heterocycles. The van der Waals surface area contributed by atoms with Gasteiger partial charge in [-0.2, -0.15) is 0 Å². The second kappa shape index (κ2) is 12.5.